The van der Waals surface area contributed by atoms with Crippen molar-refractivity contribution in [3.8, 4) is 0 Å². The van der Waals surface area contributed by atoms with Crippen molar-refractivity contribution in [3.05, 3.63) is 29.7 Å². The van der Waals surface area contributed by atoms with Gasteiger partial charge in [0.2, 0.25) is 5.83 Å². The quantitative estimate of drug-likeness (QED) is 0.391. The number of halogens is 1. The SMILES string of the molecule is CCOC(=O)C(F)=Cc1ccc(N(C(=O)OC(C)(C)C)[C@@H]2CCN(CC3CCCCC3)C2)nc1. The molecule has 0 spiro atoms. The summed E-state index contributed by atoms with van der Waals surface area (Å²) in [4.78, 5) is 33.2. The van der Waals surface area contributed by atoms with E-state index >= 15 is 0 Å². The number of amides is 1. The number of nitrogens with zero attached hydrogens (tertiary/aromatic N) is 3. The van der Waals surface area contributed by atoms with Crippen LogP contribution in [0.5, 0.6) is 0 Å². The highest BCUT2D eigenvalue weighted by molar-refractivity contribution is 5.91. The number of pyridine rings is 1. The molecule has 188 valence electrons. The first-order chi connectivity index (χ1) is 16.2. The van der Waals surface area contributed by atoms with Crippen LogP contribution < -0.4 is 4.90 Å². The second kappa shape index (κ2) is 11.8. The van der Waals surface area contributed by atoms with Crippen molar-refractivity contribution in [3.63, 3.8) is 0 Å². The van der Waals surface area contributed by atoms with Gasteiger partial charge in [0.05, 0.1) is 12.6 Å². The van der Waals surface area contributed by atoms with Gasteiger partial charge >= 0.3 is 12.1 Å². The molecule has 34 heavy (non-hydrogen) atoms. The summed E-state index contributed by atoms with van der Waals surface area (Å²) in [6.45, 7) is 10.0. The van der Waals surface area contributed by atoms with Gasteiger partial charge in [0, 0.05) is 25.8 Å². The maximum Gasteiger partial charge on any atom is 0.416 e. The molecule has 7 nitrogen and oxygen atoms in total. The van der Waals surface area contributed by atoms with Crippen molar-refractivity contribution in [2.24, 2.45) is 5.92 Å². The summed E-state index contributed by atoms with van der Waals surface area (Å²) in [6, 6.07) is 3.24. The fourth-order valence-electron chi connectivity index (χ4n) is 4.70. The molecular formula is C26H38FN3O4. The number of hydrogen-bond donors (Lipinski definition) is 0. The molecule has 2 fully saturated rings. The van der Waals surface area contributed by atoms with E-state index in [0.29, 0.717) is 11.4 Å². The number of hydrogen-bond acceptors (Lipinski definition) is 6. The van der Waals surface area contributed by atoms with Crippen molar-refractivity contribution in [2.75, 3.05) is 31.1 Å². The Balaban J connectivity index is 1.75. The minimum Gasteiger partial charge on any atom is -0.461 e. The second-order valence-corrected chi connectivity index (χ2v) is 10.2. The average Bonchev–Trinajstić information content (AvgIpc) is 3.22. The average molecular weight is 476 g/mol. The van der Waals surface area contributed by atoms with E-state index < -0.39 is 23.5 Å². The summed E-state index contributed by atoms with van der Waals surface area (Å²) in [5.41, 5.74) is -0.231. The van der Waals surface area contributed by atoms with Crippen LogP contribution in [0.3, 0.4) is 0 Å². The molecule has 1 saturated carbocycles. The molecule has 1 aliphatic carbocycles. The third-order valence-corrected chi connectivity index (χ3v) is 6.23. The number of carbonyl (C=O) groups is 2. The Hall–Kier alpha value is -2.48. The Morgan fingerprint density at radius 1 is 1.21 bits per heavy atom. The van der Waals surface area contributed by atoms with Gasteiger partial charge in [0.25, 0.3) is 0 Å². The molecule has 1 amide bonds. The van der Waals surface area contributed by atoms with Crippen LogP contribution in [0.15, 0.2) is 24.2 Å². The summed E-state index contributed by atoms with van der Waals surface area (Å²) >= 11 is 0. The van der Waals surface area contributed by atoms with Crippen LogP contribution in [0.1, 0.15) is 71.8 Å². The van der Waals surface area contributed by atoms with Crippen molar-refractivity contribution < 1.29 is 23.5 Å². The van der Waals surface area contributed by atoms with Gasteiger partial charge in [-0.1, -0.05) is 19.3 Å². The largest absolute Gasteiger partial charge is 0.461 e. The zero-order valence-corrected chi connectivity index (χ0v) is 20.9. The first kappa shape index (κ1) is 26.1. The maximum absolute atomic E-state index is 14.0. The fraction of sp³-hybridized carbons (Fsp3) is 0.654. The highest BCUT2D eigenvalue weighted by Crippen LogP contribution is 2.29. The lowest BCUT2D eigenvalue weighted by Gasteiger charge is -2.31. The van der Waals surface area contributed by atoms with Crippen LogP contribution in [0.4, 0.5) is 15.0 Å². The standard InChI is InChI=1S/C26H38FN3O4/c1-5-33-24(31)22(27)15-20-11-12-23(28-16-20)30(25(32)34-26(2,3)4)21-13-14-29(18-21)17-19-9-7-6-8-10-19/h11-12,15-16,19,21H,5-10,13-14,17-18H2,1-4H3/t21-/m1/s1. The van der Waals surface area contributed by atoms with Crippen molar-refractivity contribution in [1.82, 2.24) is 9.88 Å². The van der Waals surface area contributed by atoms with Gasteiger partial charge in [-0.25, -0.2) is 14.6 Å². The molecule has 0 bridgehead atoms. The number of esters is 1. The fourth-order valence-corrected chi connectivity index (χ4v) is 4.70. The van der Waals surface area contributed by atoms with E-state index in [-0.39, 0.29) is 12.6 Å². The molecule has 1 saturated heterocycles. The van der Waals surface area contributed by atoms with Gasteiger partial charge in [0.15, 0.2) is 0 Å². The minimum atomic E-state index is -1.01. The number of aromatic nitrogens is 1. The highest BCUT2D eigenvalue weighted by Gasteiger charge is 2.35. The maximum atomic E-state index is 14.0. The molecule has 0 aromatic carbocycles. The highest BCUT2D eigenvalue weighted by atomic mass is 19.1. The molecule has 0 unspecified atom stereocenters. The molecule has 2 heterocycles. The van der Waals surface area contributed by atoms with Gasteiger partial charge in [-0.3, -0.25) is 4.90 Å². The van der Waals surface area contributed by atoms with Crippen LogP contribution in [0, 0.1) is 5.92 Å². The van der Waals surface area contributed by atoms with E-state index in [1.165, 1.54) is 38.3 Å². The Kier molecular flexibility index (Phi) is 9.05. The van der Waals surface area contributed by atoms with E-state index in [1.807, 2.05) is 20.8 Å². The lowest BCUT2D eigenvalue weighted by atomic mass is 9.89. The van der Waals surface area contributed by atoms with Crippen LogP contribution in [-0.4, -0.2) is 59.8 Å². The molecule has 8 heteroatoms. The molecule has 0 radical (unpaired) electrons. The van der Waals surface area contributed by atoms with Crippen LogP contribution >= 0.6 is 0 Å². The zero-order chi connectivity index (χ0) is 24.7. The summed E-state index contributed by atoms with van der Waals surface area (Å²) in [6.07, 6.45) is 9.46. The van der Waals surface area contributed by atoms with E-state index in [4.69, 9.17) is 4.74 Å². The molecule has 3 rings (SSSR count). The lowest BCUT2D eigenvalue weighted by Crippen LogP contribution is -2.45. The van der Waals surface area contributed by atoms with Gasteiger partial charge < -0.3 is 14.4 Å². The molecule has 1 aromatic heterocycles. The Morgan fingerprint density at radius 2 is 1.94 bits per heavy atom. The molecule has 1 aliphatic heterocycles. The van der Waals surface area contributed by atoms with Crippen LogP contribution in [0.2, 0.25) is 0 Å². The first-order valence-corrected chi connectivity index (χ1v) is 12.4. The number of anilines is 1. The molecule has 1 atom stereocenters. The van der Waals surface area contributed by atoms with Crippen molar-refractivity contribution in [1.29, 1.82) is 0 Å². The normalized spacial score (nSPS) is 20.3. The second-order valence-electron chi connectivity index (χ2n) is 10.2. The Morgan fingerprint density at radius 3 is 2.56 bits per heavy atom. The van der Waals surface area contributed by atoms with E-state index in [9.17, 15) is 14.0 Å². The predicted octanol–water partition coefficient (Wildman–Crippen LogP) is 5.35. The van der Waals surface area contributed by atoms with E-state index in [0.717, 1.165) is 38.0 Å². The molecule has 2 aliphatic rings. The van der Waals surface area contributed by atoms with Gasteiger partial charge in [-0.05, 0) is 76.6 Å². The number of carbonyl (C=O) groups excluding carboxylic acids is 2. The monoisotopic (exact) mass is 475 g/mol. The number of ether oxygens (including phenoxy) is 2. The number of likely N-dealkylation sites (tertiary alicyclic amines) is 1. The van der Waals surface area contributed by atoms with Crippen molar-refractivity contribution >= 4 is 24.0 Å². The van der Waals surface area contributed by atoms with Crippen molar-refractivity contribution in [2.45, 2.75) is 77.9 Å². The van der Waals surface area contributed by atoms with Gasteiger partial charge in [0.1, 0.15) is 11.4 Å². The smallest absolute Gasteiger partial charge is 0.416 e. The molecule has 1 aromatic rings. The topological polar surface area (TPSA) is 72.0 Å². The summed E-state index contributed by atoms with van der Waals surface area (Å²) in [5.74, 6) is -0.811. The minimum absolute atomic E-state index is 0.0522. The third kappa shape index (κ3) is 7.52. The zero-order valence-electron chi connectivity index (χ0n) is 20.9. The molecule has 0 N–H and O–H groups in total. The first-order valence-electron chi connectivity index (χ1n) is 12.4. The van der Waals surface area contributed by atoms with E-state index in [2.05, 4.69) is 14.6 Å². The van der Waals surface area contributed by atoms with E-state index in [1.54, 1.807) is 24.0 Å². The lowest BCUT2D eigenvalue weighted by molar-refractivity contribution is -0.140. The van der Waals surface area contributed by atoms with Gasteiger partial charge in [-0.2, -0.15) is 4.39 Å². The Bertz CT molecular complexity index is 860. The summed E-state index contributed by atoms with van der Waals surface area (Å²) < 4.78 is 24.4. The predicted molar refractivity (Wildman–Crippen MR) is 130 cm³/mol. The Labute approximate surface area is 202 Å². The van der Waals surface area contributed by atoms with Crippen LogP contribution in [-0.2, 0) is 14.3 Å². The van der Waals surface area contributed by atoms with Gasteiger partial charge in [-0.15, -0.1) is 0 Å². The van der Waals surface area contributed by atoms with Crippen LogP contribution in [0.25, 0.3) is 6.08 Å². The summed E-state index contributed by atoms with van der Waals surface area (Å²) in [5, 5.41) is 0. The summed E-state index contributed by atoms with van der Waals surface area (Å²) in [7, 11) is 0. The number of rotatable bonds is 7. The third-order valence-electron chi connectivity index (χ3n) is 6.23. The molecular weight excluding hydrogens is 437 g/mol.